The average molecular weight is 348 g/mol. The van der Waals surface area contributed by atoms with Crippen molar-refractivity contribution in [1.29, 1.82) is 0 Å². The summed E-state index contributed by atoms with van der Waals surface area (Å²) in [5, 5.41) is 20.6. The Morgan fingerprint density at radius 2 is 1.92 bits per heavy atom. The van der Waals surface area contributed by atoms with Gasteiger partial charge in [0.1, 0.15) is 12.4 Å². The van der Waals surface area contributed by atoms with E-state index in [1.165, 1.54) is 0 Å². The van der Waals surface area contributed by atoms with Gasteiger partial charge in [-0.1, -0.05) is 13.8 Å². The Morgan fingerprint density at radius 3 is 2.64 bits per heavy atom. The molecule has 0 aromatic heterocycles. The van der Waals surface area contributed by atoms with Crippen LogP contribution in [0.4, 0.5) is 0 Å². The van der Waals surface area contributed by atoms with Gasteiger partial charge in [-0.2, -0.15) is 0 Å². The quantitative estimate of drug-likeness (QED) is 0.805. The lowest BCUT2D eigenvalue weighted by Gasteiger charge is -2.61. The van der Waals surface area contributed by atoms with Crippen LogP contribution in [0.1, 0.15) is 65.2 Å². The molecular weight excluding hydrogens is 316 g/mol. The van der Waals surface area contributed by atoms with Crippen molar-refractivity contribution in [3.8, 4) is 0 Å². The topological polar surface area (TPSA) is 74.6 Å². The Hall–Kier alpha value is -0.740. The molecule has 2 N–H and O–H groups in total. The molecule has 4 aliphatic carbocycles. The van der Waals surface area contributed by atoms with Crippen LogP contribution in [0.25, 0.3) is 0 Å². The first-order valence-electron chi connectivity index (χ1n) is 10.1. The predicted octanol–water partition coefficient (Wildman–Crippen LogP) is 2.75. The average Bonchev–Trinajstić information content (AvgIpc) is 2.91. The normalized spacial score (nSPS) is 52.2. The van der Waals surface area contributed by atoms with E-state index in [1.54, 1.807) is 0 Å². The molecule has 0 aliphatic heterocycles. The van der Waals surface area contributed by atoms with Gasteiger partial charge in [-0.05, 0) is 73.0 Å². The molecule has 0 unspecified atom stereocenters. The summed E-state index contributed by atoms with van der Waals surface area (Å²) in [6, 6.07) is 0. The van der Waals surface area contributed by atoms with E-state index in [1.807, 2.05) is 0 Å². The minimum atomic E-state index is -0.389. The SMILES string of the molecule is C[C@]12CCC(=O)C[C@@H]1CC[C@@H]1[C@H]2[C@@H](O)C[C@]2(C)[C@@H](C(=O)CO)CC[C@@H]12. The molecule has 0 spiro atoms. The third-order valence-electron chi connectivity index (χ3n) is 8.95. The molecule has 0 heterocycles. The van der Waals surface area contributed by atoms with E-state index in [-0.39, 0.29) is 41.2 Å². The van der Waals surface area contributed by atoms with Crippen molar-refractivity contribution in [3.63, 3.8) is 0 Å². The van der Waals surface area contributed by atoms with Gasteiger partial charge in [-0.25, -0.2) is 0 Å². The van der Waals surface area contributed by atoms with Gasteiger partial charge in [-0.15, -0.1) is 0 Å². The smallest absolute Gasteiger partial charge is 0.161 e. The molecule has 4 aliphatic rings. The van der Waals surface area contributed by atoms with E-state index in [0.29, 0.717) is 42.8 Å². The lowest BCUT2D eigenvalue weighted by molar-refractivity contribution is -0.174. The zero-order chi connectivity index (χ0) is 18.0. The van der Waals surface area contributed by atoms with Gasteiger partial charge in [0.25, 0.3) is 0 Å². The second-order valence-corrected chi connectivity index (χ2v) is 9.85. The fourth-order valence-corrected chi connectivity index (χ4v) is 7.81. The number of aliphatic hydroxyl groups is 2. The van der Waals surface area contributed by atoms with E-state index in [9.17, 15) is 19.8 Å². The monoisotopic (exact) mass is 348 g/mol. The first-order chi connectivity index (χ1) is 11.8. The van der Waals surface area contributed by atoms with Gasteiger partial charge >= 0.3 is 0 Å². The van der Waals surface area contributed by atoms with Gasteiger partial charge in [0.05, 0.1) is 6.10 Å². The second-order valence-electron chi connectivity index (χ2n) is 9.85. The Balaban J connectivity index is 1.66. The van der Waals surface area contributed by atoms with Gasteiger partial charge < -0.3 is 10.2 Å². The minimum absolute atomic E-state index is 0.0428. The minimum Gasteiger partial charge on any atom is -0.393 e. The van der Waals surface area contributed by atoms with Crippen molar-refractivity contribution < 1.29 is 19.8 Å². The van der Waals surface area contributed by atoms with Crippen LogP contribution in [0.2, 0.25) is 0 Å². The molecule has 8 atom stereocenters. The molecule has 4 nitrogen and oxygen atoms in total. The van der Waals surface area contributed by atoms with Gasteiger partial charge in [0, 0.05) is 18.8 Å². The number of hydrogen-bond acceptors (Lipinski definition) is 4. The summed E-state index contributed by atoms with van der Waals surface area (Å²) in [6.07, 6.45) is 6.62. The van der Waals surface area contributed by atoms with Crippen molar-refractivity contribution >= 4 is 11.6 Å². The third-order valence-corrected chi connectivity index (χ3v) is 8.95. The number of carbonyl (C=O) groups excluding carboxylic acids is 2. The molecule has 0 bridgehead atoms. The number of ketones is 2. The van der Waals surface area contributed by atoms with Crippen LogP contribution < -0.4 is 0 Å². The van der Waals surface area contributed by atoms with Gasteiger partial charge in [0.15, 0.2) is 5.78 Å². The molecule has 4 rings (SSSR count). The summed E-state index contributed by atoms with van der Waals surface area (Å²) in [5.41, 5.74) is -0.106. The number of Topliss-reactive ketones (excluding diaryl/α,β-unsaturated/α-hetero) is 2. The van der Waals surface area contributed by atoms with Crippen molar-refractivity contribution in [3.05, 3.63) is 0 Å². The molecule has 140 valence electrons. The maximum Gasteiger partial charge on any atom is 0.161 e. The van der Waals surface area contributed by atoms with Crippen LogP contribution in [-0.4, -0.2) is 34.5 Å². The van der Waals surface area contributed by atoms with Crippen molar-refractivity contribution in [2.75, 3.05) is 6.61 Å². The molecule has 4 fully saturated rings. The summed E-state index contributed by atoms with van der Waals surface area (Å²) in [4.78, 5) is 24.3. The standard InChI is InChI=1S/C21H32O4/c1-20-8-7-13(23)9-12(20)3-4-14-15-5-6-16(18(25)11-22)21(15,2)10-17(24)19(14)20/h12,14-17,19,22,24H,3-11H2,1-2H3/t12-,14-,15-,16+,17-,19-,20-,21-/m0/s1. The molecular formula is C21H32O4. The largest absolute Gasteiger partial charge is 0.393 e. The summed E-state index contributed by atoms with van der Waals surface area (Å²) in [5.74, 6) is 1.86. The maximum absolute atomic E-state index is 12.3. The maximum atomic E-state index is 12.3. The van der Waals surface area contributed by atoms with Crippen LogP contribution in [0.5, 0.6) is 0 Å². The van der Waals surface area contributed by atoms with Crippen LogP contribution in [0.15, 0.2) is 0 Å². The summed E-state index contributed by atoms with van der Waals surface area (Å²) < 4.78 is 0. The third kappa shape index (κ3) is 2.39. The zero-order valence-corrected chi connectivity index (χ0v) is 15.5. The highest BCUT2D eigenvalue weighted by atomic mass is 16.3. The molecule has 25 heavy (non-hydrogen) atoms. The van der Waals surface area contributed by atoms with Crippen LogP contribution in [-0.2, 0) is 9.59 Å². The lowest BCUT2D eigenvalue weighted by Crippen LogP contribution is -2.59. The molecule has 0 amide bonds. The highest BCUT2D eigenvalue weighted by molar-refractivity contribution is 5.83. The van der Waals surface area contributed by atoms with E-state index < -0.39 is 0 Å². The predicted molar refractivity (Wildman–Crippen MR) is 93.7 cm³/mol. The number of fused-ring (bicyclic) bond motifs is 5. The fraction of sp³-hybridized carbons (Fsp3) is 0.905. The first kappa shape index (κ1) is 17.7. The Kier molecular flexibility index (Phi) is 4.16. The number of hydrogen-bond donors (Lipinski definition) is 2. The lowest BCUT2D eigenvalue weighted by atomic mass is 9.44. The number of rotatable bonds is 2. The fourth-order valence-electron chi connectivity index (χ4n) is 7.81. The molecule has 0 aromatic carbocycles. The van der Waals surface area contributed by atoms with Crippen LogP contribution in [0.3, 0.4) is 0 Å². The first-order valence-corrected chi connectivity index (χ1v) is 10.1. The van der Waals surface area contributed by atoms with E-state index in [0.717, 1.165) is 32.1 Å². The highest BCUT2D eigenvalue weighted by Crippen LogP contribution is 2.67. The van der Waals surface area contributed by atoms with Crippen molar-refractivity contribution in [2.24, 2.45) is 40.4 Å². The molecule has 0 radical (unpaired) electrons. The molecule has 4 heteroatoms. The Labute approximate surface area is 150 Å². The van der Waals surface area contributed by atoms with Gasteiger partial charge in [0.2, 0.25) is 0 Å². The second kappa shape index (κ2) is 5.88. The molecule has 4 saturated carbocycles. The molecule has 0 aromatic rings. The van der Waals surface area contributed by atoms with Crippen molar-refractivity contribution in [2.45, 2.75) is 71.3 Å². The van der Waals surface area contributed by atoms with Crippen LogP contribution in [0, 0.1) is 40.4 Å². The van der Waals surface area contributed by atoms with Gasteiger partial charge in [-0.3, -0.25) is 9.59 Å². The Bertz CT molecular complexity index is 586. The van der Waals surface area contributed by atoms with E-state index in [4.69, 9.17) is 0 Å². The number of aliphatic hydroxyl groups excluding tert-OH is 2. The van der Waals surface area contributed by atoms with E-state index >= 15 is 0 Å². The van der Waals surface area contributed by atoms with Crippen LogP contribution >= 0.6 is 0 Å². The zero-order valence-electron chi connectivity index (χ0n) is 15.5. The summed E-state index contributed by atoms with van der Waals surface area (Å²) in [7, 11) is 0. The highest BCUT2D eigenvalue weighted by Gasteiger charge is 2.63. The number of carbonyl (C=O) groups is 2. The molecule has 0 saturated heterocycles. The summed E-state index contributed by atoms with van der Waals surface area (Å²) >= 11 is 0. The van der Waals surface area contributed by atoms with Crippen molar-refractivity contribution in [1.82, 2.24) is 0 Å². The Morgan fingerprint density at radius 1 is 1.16 bits per heavy atom. The summed E-state index contributed by atoms with van der Waals surface area (Å²) in [6.45, 7) is 4.12. The van der Waals surface area contributed by atoms with E-state index in [2.05, 4.69) is 13.8 Å².